The van der Waals surface area contributed by atoms with Crippen molar-refractivity contribution in [1.82, 2.24) is 9.97 Å². The number of esters is 1. The Morgan fingerprint density at radius 1 is 1.31 bits per heavy atom. The molecule has 154 valence electrons. The van der Waals surface area contributed by atoms with Crippen LogP contribution in [0.25, 0.3) is 10.2 Å². The van der Waals surface area contributed by atoms with Crippen LogP contribution in [-0.4, -0.2) is 40.2 Å². The van der Waals surface area contributed by atoms with Crippen LogP contribution in [0.1, 0.15) is 36.8 Å². The molecule has 1 unspecified atom stereocenters. The van der Waals surface area contributed by atoms with Crippen molar-refractivity contribution in [3.8, 4) is 5.75 Å². The number of ether oxygens (including phenoxy) is 2. The number of carbonyl (C=O) groups excluding carboxylic acids is 2. The van der Waals surface area contributed by atoms with Crippen LogP contribution in [0.4, 0.5) is 5.82 Å². The van der Waals surface area contributed by atoms with Crippen LogP contribution in [0.5, 0.6) is 5.75 Å². The molecule has 0 fully saturated rings. The quantitative estimate of drug-likeness (QED) is 0.485. The zero-order valence-corrected chi connectivity index (χ0v) is 17.6. The maximum absolute atomic E-state index is 12.6. The van der Waals surface area contributed by atoms with E-state index < -0.39 is 17.5 Å². The number of hydrogen-bond donors (Lipinski definition) is 3. The van der Waals surface area contributed by atoms with Gasteiger partial charge in [-0.05, 0) is 39.0 Å². The van der Waals surface area contributed by atoms with Crippen molar-refractivity contribution >= 4 is 50.8 Å². The standard InChI is InChI=1S/C19H20ClN3O5S/c1-4-27-13-8-11(19(3,26)18(25)28-5-2)9-21-15(13)23-16(24)12-6-10-7-14(20)29-17(10)22-12/h6-9,22,26H,4-5H2,1-3H3,(H,21,23,24). The first-order valence-corrected chi connectivity index (χ1v) is 10.1. The monoisotopic (exact) mass is 437 g/mol. The molecule has 0 radical (unpaired) electrons. The molecule has 0 aliphatic rings. The maximum Gasteiger partial charge on any atom is 0.342 e. The third-order valence-corrected chi connectivity index (χ3v) is 5.34. The highest BCUT2D eigenvalue weighted by Crippen LogP contribution is 2.32. The number of aromatic nitrogens is 2. The van der Waals surface area contributed by atoms with Crippen LogP contribution in [-0.2, 0) is 15.1 Å². The highest BCUT2D eigenvalue weighted by atomic mass is 35.5. The molecular weight excluding hydrogens is 418 g/mol. The Hall–Kier alpha value is -2.62. The fourth-order valence-electron chi connectivity index (χ4n) is 2.65. The van der Waals surface area contributed by atoms with Crippen LogP contribution in [0, 0.1) is 0 Å². The highest BCUT2D eigenvalue weighted by molar-refractivity contribution is 7.22. The lowest BCUT2D eigenvalue weighted by molar-refractivity contribution is -0.164. The van der Waals surface area contributed by atoms with E-state index >= 15 is 0 Å². The molecule has 0 aromatic carbocycles. The number of nitrogens with one attached hydrogen (secondary N) is 2. The first kappa shape index (κ1) is 21.1. The van der Waals surface area contributed by atoms with Crippen molar-refractivity contribution < 1.29 is 24.2 Å². The number of amides is 1. The number of halogens is 1. The lowest BCUT2D eigenvalue weighted by Crippen LogP contribution is -2.34. The van der Waals surface area contributed by atoms with Crippen LogP contribution < -0.4 is 10.1 Å². The maximum atomic E-state index is 12.6. The second-order valence-corrected chi connectivity index (χ2v) is 7.95. The fraction of sp³-hybridized carbons (Fsp3) is 0.316. The van der Waals surface area contributed by atoms with Crippen molar-refractivity contribution in [2.75, 3.05) is 18.5 Å². The number of hydrogen-bond acceptors (Lipinski definition) is 7. The van der Waals surface area contributed by atoms with Gasteiger partial charge in [0.2, 0.25) is 0 Å². The van der Waals surface area contributed by atoms with E-state index in [0.717, 1.165) is 10.2 Å². The Morgan fingerprint density at radius 3 is 2.72 bits per heavy atom. The van der Waals surface area contributed by atoms with Crippen molar-refractivity contribution in [2.24, 2.45) is 0 Å². The molecule has 0 saturated heterocycles. The minimum atomic E-state index is -1.90. The first-order valence-electron chi connectivity index (χ1n) is 8.88. The van der Waals surface area contributed by atoms with Crippen molar-refractivity contribution in [1.29, 1.82) is 0 Å². The first-order chi connectivity index (χ1) is 13.8. The second-order valence-electron chi connectivity index (χ2n) is 6.27. The molecular formula is C19H20ClN3O5S. The molecule has 0 saturated carbocycles. The molecule has 3 heterocycles. The number of rotatable bonds is 7. The van der Waals surface area contributed by atoms with Crippen LogP contribution in [0.3, 0.4) is 0 Å². The molecule has 0 spiro atoms. The van der Waals surface area contributed by atoms with Gasteiger partial charge in [-0.2, -0.15) is 0 Å². The van der Waals surface area contributed by atoms with E-state index in [4.69, 9.17) is 21.1 Å². The third kappa shape index (κ3) is 4.36. The number of carbonyl (C=O) groups is 2. The summed E-state index contributed by atoms with van der Waals surface area (Å²) >= 11 is 7.29. The molecule has 3 rings (SSSR count). The molecule has 3 aromatic rings. The second kappa shape index (κ2) is 8.40. The number of aromatic amines is 1. The zero-order valence-electron chi connectivity index (χ0n) is 16.0. The van der Waals surface area contributed by atoms with Gasteiger partial charge in [0.05, 0.1) is 17.6 Å². The molecule has 1 amide bonds. The number of fused-ring (bicyclic) bond motifs is 1. The summed E-state index contributed by atoms with van der Waals surface area (Å²) in [5, 5.41) is 14.1. The van der Waals surface area contributed by atoms with E-state index in [0.29, 0.717) is 16.6 Å². The van der Waals surface area contributed by atoms with Gasteiger partial charge in [0.15, 0.2) is 17.2 Å². The van der Waals surface area contributed by atoms with E-state index in [1.165, 1.54) is 30.5 Å². The Labute approximate surface area is 175 Å². The van der Waals surface area contributed by atoms with E-state index in [9.17, 15) is 14.7 Å². The molecule has 1 atom stereocenters. The van der Waals surface area contributed by atoms with Gasteiger partial charge in [-0.25, -0.2) is 9.78 Å². The Balaban J connectivity index is 1.87. The fourth-order valence-corrected chi connectivity index (χ4v) is 3.78. The average molecular weight is 438 g/mol. The number of thiophene rings is 1. The molecule has 0 aliphatic carbocycles. The number of H-pyrrole nitrogens is 1. The summed E-state index contributed by atoms with van der Waals surface area (Å²) in [6.45, 7) is 5.16. The molecule has 0 aliphatic heterocycles. The van der Waals surface area contributed by atoms with Gasteiger partial charge in [-0.3, -0.25) is 4.79 Å². The summed E-state index contributed by atoms with van der Waals surface area (Å²) in [5.74, 6) is -0.829. The highest BCUT2D eigenvalue weighted by Gasteiger charge is 2.35. The predicted molar refractivity (Wildman–Crippen MR) is 111 cm³/mol. The number of nitrogens with zero attached hydrogens (tertiary/aromatic N) is 1. The van der Waals surface area contributed by atoms with Gasteiger partial charge in [-0.15, -0.1) is 11.3 Å². The molecule has 29 heavy (non-hydrogen) atoms. The van der Waals surface area contributed by atoms with Gasteiger partial charge in [0, 0.05) is 17.1 Å². The normalized spacial score (nSPS) is 13.1. The molecule has 10 heteroatoms. The lowest BCUT2D eigenvalue weighted by atomic mass is 9.98. The number of pyridine rings is 1. The lowest BCUT2D eigenvalue weighted by Gasteiger charge is -2.22. The van der Waals surface area contributed by atoms with Gasteiger partial charge < -0.3 is 24.9 Å². The van der Waals surface area contributed by atoms with E-state index in [2.05, 4.69) is 15.3 Å². The molecule has 8 nitrogen and oxygen atoms in total. The third-order valence-electron chi connectivity index (χ3n) is 4.14. The van der Waals surface area contributed by atoms with Crippen LogP contribution in [0.15, 0.2) is 24.4 Å². The molecule has 0 bridgehead atoms. The molecule has 3 N–H and O–H groups in total. The summed E-state index contributed by atoms with van der Waals surface area (Å²) < 4.78 is 11.1. The number of anilines is 1. The largest absolute Gasteiger partial charge is 0.490 e. The van der Waals surface area contributed by atoms with Crippen LogP contribution >= 0.6 is 22.9 Å². The minimum absolute atomic E-state index is 0.133. The van der Waals surface area contributed by atoms with E-state index in [-0.39, 0.29) is 23.7 Å². The Bertz CT molecular complexity index is 1030. The average Bonchev–Trinajstić information content (AvgIpc) is 3.21. The summed E-state index contributed by atoms with van der Waals surface area (Å²) in [6.07, 6.45) is 1.29. The smallest absolute Gasteiger partial charge is 0.342 e. The predicted octanol–water partition coefficient (Wildman–Crippen LogP) is 3.70. The van der Waals surface area contributed by atoms with Gasteiger partial charge in [0.1, 0.15) is 10.5 Å². The van der Waals surface area contributed by atoms with Gasteiger partial charge in [-0.1, -0.05) is 11.6 Å². The Kier molecular flexibility index (Phi) is 6.11. The van der Waals surface area contributed by atoms with E-state index in [1.54, 1.807) is 26.0 Å². The van der Waals surface area contributed by atoms with Crippen molar-refractivity contribution in [3.63, 3.8) is 0 Å². The zero-order chi connectivity index (χ0) is 21.2. The summed E-state index contributed by atoms with van der Waals surface area (Å²) in [6, 6.07) is 4.91. The summed E-state index contributed by atoms with van der Waals surface area (Å²) in [5.41, 5.74) is -1.37. The SMILES string of the molecule is CCOC(=O)C(C)(O)c1cnc(NC(=O)c2cc3cc(Cl)sc3[nH]2)c(OCC)c1. The summed E-state index contributed by atoms with van der Waals surface area (Å²) in [7, 11) is 0. The molecule has 3 aromatic heterocycles. The van der Waals surface area contributed by atoms with Gasteiger partial charge >= 0.3 is 5.97 Å². The summed E-state index contributed by atoms with van der Waals surface area (Å²) in [4.78, 5) is 32.6. The number of aliphatic hydroxyl groups is 1. The van der Waals surface area contributed by atoms with Crippen molar-refractivity contribution in [2.45, 2.75) is 26.4 Å². The minimum Gasteiger partial charge on any atom is -0.490 e. The van der Waals surface area contributed by atoms with Crippen LogP contribution in [0.2, 0.25) is 4.34 Å². The topological polar surface area (TPSA) is 114 Å². The van der Waals surface area contributed by atoms with Crippen molar-refractivity contribution in [3.05, 3.63) is 40.0 Å². The van der Waals surface area contributed by atoms with Gasteiger partial charge in [0.25, 0.3) is 5.91 Å². The Morgan fingerprint density at radius 2 is 2.07 bits per heavy atom. The van der Waals surface area contributed by atoms with E-state index in [1.807, 2.05) is 0 Å².